The second-order valence-electron chi connectivity index (χ2n) is 6.45. The number of nitrogens with zero attached hydrogens (tertiary/aromatic N) is 2. The highest BCUT2D eigenvalue weighted by molar-refractivity contribution is 7.89. The van der Waals surface area contributed by atoms with Gasteiger partial charge in [0.1, 0.15) is 0 Å². The lowest BCUT2D eigenvalue weighted by Crippen LogP contribution is -2.28. The van der Waals surface area contributed by atoms with Crippen LogP contribution in [0.15, 0.2) is 58.6 Å². The van der Waals surface area contributed by atoms with E-state index in [4.69, 9.17) is 22.2 Å². The molecule has 1 aliphatic heterocycles. The molecule has 1 saturated heterocycles. The quantitative estimate of drug-likeness (QED) is 0.393. The number of halogens is 1. The van der Waals surface area contributed by atoms with Gasteiger partial charge >= 0.3 is 0 Å². The van der Waals surface area contributed by atoms with Crippen molar-refractivity contribution in [3.05, 3.63) is 59.1 Å². The van der Waals surface area contributed by atoms with Crippen molar-refractivity contribution in [1.29, 1.82) is 0 Å². The summed E-state index contributed by atoms with van der Waals surface area (Å²) in [4.78, 5) is 17.2. The Bertz CT molecular complexity index is 1020. The molecule has 3 N–H and O–H groups in total. The van der Waals surface area contributed by atoms with Crippen molar-refractivity contribution in [3.63, 3.8) is 0 Å². The Morgan fingerprint density at radius 1 is 1.17 bits per heavy atom. The summed E-state index contributed by atoms with van der Waals surface area (Å²) in [6.07, 6.45) is 1.71. The van der Waals surface area contributed by atoms with Crippen molar-refractivity contribution in [3.8, 4) is 0 Å². The summed E-state index contributed by atoms with van der Waals surface area (Å²) >= 11 is 5.89. The largest absolute Gasteiger partial charge is 0.384 e. The molecule has 0 bridgehead atoms. The van der Waals surface area contributed by atoms with E-state index in [1.165, 1.54) is 16.4 Å². The fourth-order valence-corrected chi connectivity index (χ4v) is 4.62. The second kappa shape index (κ2) is 9.25. The highest BCUT2D eigenvalue weighted by atomic mass is 35.5. The first-order valence-electron chi connectivity index (χ1n) is 8.98. The minimum atomic E-state index is -3.56. The highest BCUT2D eigenvalue weighted by Gasteiger charge is 2.27. The lowest BCUT2D eigenvalue weighted by Gasteiger charge is -2.16. The first-order chi connectivity index (χ1) is 13.9. The van der Waals surface area contributed by atoms with Gasteiger partial charge in [-0.3, -0.25) is 4.79 Å². The van der Waals surface area contributed by atoms with Crippen molar-refractivity contribution in [2.75, 3.05) is 25.0 Å². The summed E-state index contributed by atoms with van der Waals surface area (Å²) in [5, 5.41) is 6.79. The Labute approximate surface area is 174 Å². The molecule has 10 heteroatoms. The zero-order valence-electron chi connectivity index (χ0n) is 15.5. The van der Waals surface area contributed by atoms with Crippen LogP contribution in [0.2, 0.25) is 5.02 Å². The van der Waals surface area contributed by atoms with Gasteiger partial charge in [0.15, 0.2) is 12.4 Å². The van der Waals surface area contributed by atoms with Gasteiger partial charge in [-0.15, -0.1) is 0 Å². The van der Waals surface area contributed by atoms with Crippen LogP contribution in [0, 0.1) is 0 Å². The second-order valence-corrected chi connectivity index (χ2v) is 8.82. The van der Waals surface area contributed by atoms with E-state index >= 15 is 0 Å². The Balaban J connectivity index is 1.59. The molecule has 3 rings (SSSR count). The lowest BCUT2D eigenvalue weighted by molar-refractivity contribution is -0.120. The Kier molecular flexibility index (Phi) is 6.73. The molecule has 0 unspecified atom stereocenters. The van der Waals surface area contributed by atoms with Gasteiger partial charge in [-0.05, 0) is 43.2 Å². The number of oxime groups is 1. The van der Waals surface area contributed by atoms with E-state index in [1.807, 2.05) is 0 Å². The third-order valence-electron chi connectivity index (χ3n) is 4.30. The maximum absolute atomic E-state index is 12.6. The van der Waals surface area contributed by atoms with Crippen LogP contribution in [0.1, 0.15) is 18.4 Å². The number of hydrogen-bond donors (Lipinski definition) is 2. The van der Waals surface area contributed by atoms with Crippen LogP contribution in [0.4, 0.5) is 5.69 Å². The molecule has 1 heterocycles. The zero-order chi connectivity index (χ0) is 20.9. The van der Waals surface area contributed by atoms with Gasteiger partial charge in [-0.2, -0.15) is 4.31 Å². The maximum Gasteiger partial charge on any atom is 0.265 e. The molecule has 1 amide bonds. The predicted molar refractivity (Wildman–Crippen MR) is 111 cm³/mol. The van der Waals surface area contributed by atoms with Crippen LogP contribution in [0.25, 0.3) is 0 Å². The van der Waals surface area contributed by atoms with E-state index in [2.05, 4.69) is 10.5 Å². The fraction of sp³-hybridized carbons (Fsp3) is 0.263. The van der Waals surface area contributed by atoms with Crippen molar-refractivity contribution in [2.24, 2.45) is 10.9 Å². The highest BCUT2D eigenvalue weighted by Crippen LogP contribution is 2.23. The third kappa shape index (κ3) is 5.47. The Hall–Kier alpha value is -2.62. The number of nitrogens with one attached hydrogen (secondary N) is 1. The molecule has 154 valence electrons. The van der Waals surface area contributed by atoms with E-state index < -0.39 is 15.9 Å². The average Bonchev–Trinajstić information content (AvgIpc) is 3.24. The molecular weight excluding hydrogens is 416 g/mol. The van der Waals surface area contributed by atoms with Gasteiger partial charge in [-0.25, -0.2) is 8.42 Å². The average molecular weight is 437 g/mol. The molecule has 0 aromatic heterocycles. The molecule has 1 fully saturated rings. The van der Waals surface area contributed by atoms with Crippen LogP contribution >= 0.6 is 11.6 Å². The van der Waals surface area contributed by atoms with Gasteiger partial charge in [0, 0.05) is 29.4 Å². The van der Waals surface area contributed by atoms with Crippen LogP contribution in [-0.2, 0) is 19.7 Å². The van der Waals surface area contributed by atoms with E-state index in [0.717, 1.165) is 12.8 Å². The first-order valence-corrected chi connectivity index (χ1v) is 10.8. The molecule has 29 heavy (non-hydrogen) atoms. The summed E-state index contributed by atoms with van der Waals surface area (Å²) in [6.45, 7) is 0.641. The van der Waals surface area contributed by atoms with Crippen molar-refractivity contribution in [1.82, 2.24) is 4.31 Å². The number of carbonyl (C=O) groups is 1. The maximum atomic E-state index is 12.6. The number of amides is 1. The molecule has 2 aromatic carbocycles. The van der Waals surface area contributed by atoms with Crippen LogP contribution in [0.3, 0.4) is 0 Å². The summed E-state index contributed by atoms with van der Waals surface area (Å²) in [7, 11) is -3.56. The number of benzene rings is 2. The molecule has 0 atom stereocenters. The number of rotatable bonds is 7. The number of nitrogens with two attached hydrogens (primary N) is 1. The van der Waals surface area contributed by atoms with Gasteiger partial charge in [0.2, 0.25) is 10.0 Å². The molecule has 2 aromatic rings. The molecule has 1 aliphatic rings. The van der Waals surface area contributed by atoms with Gasteiger partial charge in [-0.1, -0.05) is 35.0 Å². The van der Waals surface area contributed by atoms with Gasteiger partial charge < -0.3 is 15.9 Å². The number of sulfonamides is 1. The number of anilines is 1. The van der Waals surface area contributed by atoms with Crippen molar-refractivity contribution < 1.29 is 18.0 Å². The summed E-state index contributed by atoms with van der Waals surface area (Å²) in [6, 6.07) is 12.9. The van der Waals surface area contributed by atoms with Crippen LogP contribution < -0.4 is 11.1 Å². The topological polar surface area (TPSA) is 114 Å². The SMILES string of the molecule is N/C(=N/OCC(=O)Nc1cccc(S(=O)(=O)N2CCCC2)c1)c1cccc(Cl)c1. The number of hydrogen-bond acceptors (Lipinski definition) is 5. The Morgan fingerprint density at radius 2 is 1.90 bits per heavy atom. The predicted octanol–water partition coefficient (Wildman–Crippen LogP) is 2.40. The van der Waals surface area contributed by atoms with Crippen molar-refractivity contribution >= 4 is 39.1 Å². The van der Waals surface area contributed by atoms with E-state index in [0.29, 0.717) is 29.4 Å². The number of amidine groups is 1. The molecule has 0 saturated carbocycles. The summed E-state index contributed by atoms with van der Waals surface area (Å²) in [5.41, 5.74) is 6.71. The van der Waals surface area contributed by atoms with E-state index in [9.17, 15) is 13.2 Å². The minimum absolute atomic E-state index is 0.0824. The molecule has 0 spiro atoms. The first kappa shape index (κ1) is 21.1. The minimum Gasteiger partial charge on any atom is -0.384 e. The monoisotopic (exact) mass is 436 g/mol. The smallest absolute Gasteiger partial charge is 0.265 e. The van der Waals surface area contributed by atoms with Crippen LogP contribution in [0.5, 0.6) is 0 Å². The summed E-state index contributed by atoms with van der Waals surface area (Å²) in [5.74, 6) is -0.414. The number of carbonyl (C=O) groups excluding carboxylic acids is 1. The normalized spacial score (nSPS) is 15.3. The molecular formula is C19H21ClN4O4S. The molecule has 0 aliphatic carbocycles. The Morgan fingerprint density at radius 3 is 2.62 bits per heavy atom. The van der Waals surface area contributed by atoms with Gasteiger partial charge in [0.05, 0.1) is 4.90 Å². The van der Waals surface area contributed by atoms with Crippen LogP contribution in [-0.4, -0.2) is 44.2 Å². The van der Waals surface area contributed by atoms with E-state index in [1.54, 1.807) is 36.4 Å². The fourth-order valence-electron chi connectivity index (χ4n) is 2.87. The van der Waals surface area contributed by atoms with E-state index in [-0.39, 0.29) is 17.3 Å². The standard InChI is InChI=1S/C19H21ClN4O4S/c20-15-6-3-5-14(11-15)19(21)23-28-13-18(25)22-16-7-4-8-17(12-16)29(26,27)24-9-1-2-10-24/h3-8,11-12H,1-2,9-10,13H2,(H2,21,23)(H,22,25). The zero-order valence-corrected chi connectivity index (χ0v) is 17.1. The molecule has 0 radical (unpaired) electrons. The summed E-state index contributed by atoms with van der Waals surface area (Å²) < 4.78 is 26.7. The third-order valence-corrected chi connectivity index (χ3v) is 6.43. The lowest BCUT2D eigenvalue weighted by atomic mass is 10.2. The molecule has 8 nitrogen and oxygen atoms in total. The van der Waals surface area contributed by atoms with Crippen molar-refractivity contribution in [2.45, 2.75) is 17.7 Å². The van der Waals surface area contributed by atoms with Gasteiger partial charge in [0.25, 0.3) is 5.91 Å².